The van der Waals surface area contributed by atoms with Gasteiger partial charge in [0.05, 0.1) is 25.0 Å². The Bertz CT molecular complexity index is 639. The number of rotatable bonds is 8. The zero-order valence-corrected chi connectivity index (χ0v) is 17.5. The minimum absolute atomic E-state index is 0. The highest BCUT2D eigenvalue weighted by atomic mass is 127. The number of guanidine groups is 1. The molecule has 0 saturated heterocycles. The molecule has 6 nitrogen and oxygen atoms in total. The van der Waals surface area contributed by atoms with Gasteiger partial charge in [0, 0.05) is 19.8 Å². The highest BCUT2D eigenvalue weighted by Gasteiger charge is 2.03. The molecule has 0 aliphatic rings. The zero-order chi connectivity index (χ0) is 17.2. The lowest BCUT2D eigenvalue weighted by Crippen LogP contribution is -2.37. The van der Waals surface area contributed by atoms with Crippen LogP contribution >= 0.6 is 24.0 Å². The quantitative estimate of drug-likeness (QED) is 0.276. The van der Waals surface area contributed by atoms with E-state index in [0.29, 0.717) is 6.54 Å². The normalized spacial score (nSPS) is 10.9. The predicted octanol–water partition coefficient (Wildman–Crippen LogP) is 3.35. The van der Waals surface area contributed by atoms with Crippen molar-refractivity contribution in [2.45, 2.75) is 32.7 Å². The smallest absolute Gasteiger partial charge is 0.191 e. The number of halogens is 1. The molecule has 0 aliphatic carbocycles. The van der Waals surface area contributed by atoms with Crippen LogP contribution in [0.2, 0.25) is 0 Å². The maximum Gasteiger partial charge on any atom is 0.191 e. The van der Waals surface area contributed by atoms with Gasteiger partial charge < -0.3 is 15.4 Å². The van der Waals surface area contributed by atoms with Crippen LogP contribution in [-0.4, -0.2) is 36.4 Å². The molecule has 0 radical (unpaired) electrons. The van der Waals surface area contributed by atoms with E-state index in [1.807, 2.05) is 41.2 Å². The van der Waals surface area contributed by atoms with E-state index in [9.17, 15) is 0 Å². The van der Waals surface area contributed by atoms with E-state index in [2.05, 4.69) is 27.6 Å². The van der Waals surface area contributed by atoms with Crippen molar-refractivity contribution in [2.75, 3.05) is 20.7 Å². The summed E-state index contributed by atoms with van der Waals surface area (Å²) in [5, 5.41) is 11.2. The monoisotopic (exact) mass is 457 g/mol. The molecule has 1 heterocycles. The molecule has 0 amide bonds. The fourth-order valence-electron chi connectivity index (χ4n) is 2.31. The average molecular weight is 457 g/mol. The lowest BCUT2D eigenvalue weighted by Gasteiger charge is -2.10. The van der Waals surface area contributed by atoms with Crippen LogP contribution in [0, 0.1) is 0 Å². The molecule has 25 heavy (non-hydrogen) atoms. The van der Waals surface area contributed by atoms with Crippen molar-refractivity contribution in [3.05, 3.63) is 42.2 Å². The first-order valence-electron chi connectivity index (χ1n) is 8.40. The number of hydrogen-bond acceptors (Lipinski definition) is 3. The highest BCUT2D eigenvalue weighted by molar-refractivity contribution is 14.0. The van der Waals surface area contributed by atoms with Crippen molar-refractivity contribution >= 4 is 29.9 Å². The Hall–Kier alpha value is -1.77. The van der Waals surface area contributed by atoms with Gasteiger partial charge in [-0.15, -0.1) is 24.0 Å². The Morgan fingerprint density at radius 3 is 2.56 bits per heavy atom. The third kappa shape index (κ3) is 6.93. The Kier molecular flexibility index (Phi) is 9.98. The average Bonchev–Trinajstić information content (AvgIpc) is 3.10. The molecule has 2 N–H and O–H groups in total. The second-order valence-electron chi connectivity index (χ2n) is 5.51. The van der Waals surface area contributed by atoms with Gasteiger partial charge in [0.1, 0.15) is 5.75 Å². The largest absolute Gasteiger partial charge is 0.497 e. The van der Waals surface area contributed by atoms with Gasteiger partial charge in [0.25, 0.3) is 0 Å². The van der Waals surface area contributed by atoms with Gasteiger partial charge >= 0.3 is 0 Å². The molecule has 0 unspecified atom stereocenters. The van der Waals surface area contributed by atoms with E-state index in [-0.39, 0.29) is 24.0 Å². The summed E-state index contributed by atoms with van der Waals surface area (Å²) in [5.41, 5.74) is 1.96. The summed E-state index contributed by atoms with van der Waals surface area (Å²) >= 11 is 0. The van der Waals surface area contributed by atoms with Crippen molar-refractivity contribution in [3.63, 3.8) is 0 Å². The lowest BCUT2D eigenvalue weighted by atomic mass is 10.2. The molecule has 1 aromatic carbocycles. The highest BCUT2D eigenvalue weighted by Crippen LogP contribution is 2.14. The van der Waals surface area contributed by atoms with Crippen LogP contribution < -0.4 is 15.4 Å². The van der Waals surface area contributed by atoms with Gasteiger partial charge in [0.2, 0.25) is 0 Å². The number of nitrogens with one attached hydrogen (secondary N) is 2. The summed E-state index contributed by atoms with van der Waals surface area (Å²) in [6.45, 7) is 3.77. The molecule has 0 atom stereocenters. The van der Waals surface area contributed by atoms with Gasteiger partial charge in [-0.25, -0.2) is 4.68 Å². The standard InChI is InChI=1S/C18H27N5O.HI/c1-4-5-6-12-20-18(19-2)21-14-15-11-13-23(22-15)16-7-9-17(24-3)10-8-16;/h7-11,13H,4-6,12,14H2,1-3H3,(H2,19,20,21);1H. The Morgan fingerprint density at radius 2 is 1.92 bits per heavy atom. The molecule has 0 bridgehead atoms. The summed E-state index contributed by atoms with van der Waals surface area (Å²) in [7, 11) is 3.45. The van der Waals surface area contributed by atoms with Crippen molar-refractivity contribution in [1.82, 2.24) is 20.4 Å². The molecule has 0 fully saturated rings. The number of nitrogens with zero attached hydrogens (tertiary/aromatic N) is 3. The number of benzene rings is 1. The zero-order valence-electron chi connectivity index (χ0n) is 15.2. The minimum Gasteiger partial charge on any atom is -0.497 e. The SMILES string of the molecule is CCCCCNC(=NC)NCc1ccn(-c2ccc(OC)cc2)n1.I. The molecule has 2 aromatic rings. The van der Waals surface area contributed by atoms with Crippen molar-refractivity contribution in [1.29, 1.82) is 0 Å². The molecule has 0 aliphatic heterocycles. The van der Waals surface area contributed by atoms with E-state index < -0.39 is 0 Å². The number of methoxy groups -OCH3 is 1. The first kappa shape index (κ1) is 21.3. The van der Waals surface area contributed by atoms with Gasteiger partial charge in [0.15, 0.2) is 5.96 Å². The van der Waals surface area contributed by atoms with Crippen LogP contribution in [0.15, 0.2) is 41.5 Å². The van der Waals surface area contributed by atoms with Crippen LogP contribution in [0.5, 0.6) is 5.75 Å². The number of unbranched alkanes of at least 4 members (excludes halogenated alkanes) is 2. The fourth-order valence-corrected chi connectivity index (χ4v) is 2.31. The summed E-state index contributed by atoms with van der Waals surface area (Å²) < 4.78 is 7.03. The van der Waals surface area contributed by atoms with Crippen molar-refractivity contribution < 1.29 is 4.74 Å². The predicted molar refractivity (Wildman–Crippen MR) is 113 cm³/mol. The van der Waals surface area contributed by atoms with Crippen LogP contribution in [0.25, 0.3) is 5.69 Å². The summed E-state index contributed by atoms with van der Waals surface area (Å²) in [5.74, 6) is 1.65. The minimum atomic E-state index is 0. The first-order chi connectivity index (χ1) is 11.8. The molecule has 138 valence electrons. The molecule has 1 aromatic heterocycles. The van der Waals surface area contributed by atoms with Crippen LogP contribution in [-0.2, 0) is 6.54 Å². The van der Waals surface area contributed by atoms with E-state index in [4.69, 9.17) is 4.74 Å². The maximum atomic E-state index is 5.18. The Morgan fingerprint density at radius 1 is 1.16 bits per heavy atom. The number of hydrogen-bond donors (Lipinski definition) is 2. The molecule has 2 rings (SSSR count). The van der Waals surface area contributed by atoms with Crippen molar-refractivity contribution in [2.24, 2.45) is 4.99 Å². The number of ether oxygens (including phenoxy) is 1. The van der Waals surface area contributed by atoms with E-state index in [1.165, 1.54) is 12.8 Å². The Balaban J connectivity index is 0.00000312. The van der Waals surface area contributed by atoms with Gasteiger partial charge in [-0.3, -0.25) is 4.99 Å². The van der Waals surface area contributed by atoms with E-state index in [1.54, 1.807) is 14.2 Å². The first-order valence-corrected chi connectivity index (χ1v) is 8.40. The second-order valence-corrected chi connectivity index (χ2v) is 5.51. The number of aromatic nitrogens is 2. The second kappa shape index (κ2) is 11.7. The van der Waals surface area contributed by atoms with Crippen molar-refractivity contribution in [3.8, 4) is 11.4 Å². The van der Waals surface area contributed by atoms with E-state index in [0.717, 1.165) is 36.1 Å². The number of aliphatic imine (C=N–C) groups is 1. The van der Waals surface area contributed by atoms with Gasteiger partial charge in [-0.2, -0.15) is 5.10 Å². The molecule has 7 heteroatoms. The van der Waals surface area contributed by atoms with E-state index >= 15 is 0 Å². The third-order valence-electron chi connectivity index (χ3n) is 3.71. The molecular weight excluding hydrogens is 429 g/mol. The fraction of sp³-hybridized carbons (Fsp3) is 0.444. The summed E-state index contributed by atoms with van der Waals surface area (Å²) in [4.78, 5) is 4.23. The summed E-state index contributed by atoms with van der Waals surface area (Å²) in [6, 6.07) is 9.82. The topological polar surface area (TPSA) is 63.5 Å². The molecular formula is C18H28IN5O. The van der Waals surface area contributed by atoms with Crippen LogP contribution in [0.3, 0.4) is 0 Å². The lowest BCUT2D eigenvalue weighted by molar-refractivity contribution is 0.414. The van der Waals surface area contributed by atoms with Gasteiger partial charge in [-0.1, -0.05) is 19.8 Å². The maximum absolute atomic E-state index is 5.18. The van der Waals surface area contributed by atoms with Gasteiger partial charge in [-0.05, 0) is 36.8 Å². The van der Waals surface area contributed by atoms with Crippen LogP contribution in [0.4, 0.5) is 0 Å². The third-order valence-corrected chi connectivity index (χ3v) is 3.71. The molecule has 0 spiro atoms. The Labute approximate surface area is 167 Å². The van der Waals surface area contributed by atoms with Crippen LogP contribution in [0.1, 0.15) is 31.9 Å². The molecule has 0 saturated carbocycles. The summed E-state index contributed by atoms with van der Waals surface area (Å²) in [6.07, 6.45) is 5.56.